The molecule has 0 aliphatic heterocycles. The molecule has 2 amide bonds. The van der Waals surface area contributed by atoms with Gasteiger partial charge in [-0.05, 0) is 42.5 Å². The summed E-state index contributed by atoms with van der Waals surface area (Å²) in [7, 11) is 0. The first-order valence-electron chi connectivity index (χ1n) is 7.88. The molecule has 0 radical (unpaired) electrons. The minimum absolute atomic E-state index is 0.0277. The number of urea groups is 1. The molecule has 0 aliphatic carbocycles. The fourth-order valence-corrected chi connectivity index (χ4v) is 2.53. The number of carbonyl (C=O) groups excluding carboxylic acids is 1. The highest BCUT2D eigenvalue weighted by Crippen LogP contribution is 2.16. The van der Waals surface area contributed by atoms with Gasteiger partial charge < -0.3 is 15.7 Å². The van der Waals surface area contributed by atoms with Crippen molar-refractivity contribution < 1.29 is 9.90 Å². The van der Waals surface area contributed by atoms with Crippen LogP contribution in [0.25, 0.3) is 0 Å². The minimum Gasteiger partial charge on any atom is -0.392 e. The molecule has 2 aromatic carbocycles. The van der Waals surface area contributed by atoms with Gasteiger partial charge in [-0.2, -0.15) is 0 Å². The van der Waals surface area contributed by atoms with Crippen molar-refractivity contribution in [2.24, 2.45) is 0 Å². The third-order valence-electron chi connectivity index (χ3n) is 3.91. The Morgan fingerprint density at radius 3 is 2.39 bits per heavy atom. The zero-order chi connectivity index (χ0) is 16.7. The molecule has 4 nitrogen and oxygen atoms in total. The summed E-state index contributed by atoms with van der Waals surface area (Å²) < 4.78 is 0. The number of amides is 2. The van der Waals surface area contributed by atoms with E-state index < -0.39 is 0 Å². The van der Waals surface area contributed by atoms with E-state index in [0.29, 0.717) is 6.54 Å². The first kappa shape index (κ1) is 17.0. The summed E-state index contributed by atoms with van der Waals surface area (Å²) in [5, 5.41) is 14.8. The molecule has 2 aromatic rings. The van der Waals surface area contributed by atoms with E-state index in [1.165, 1.54) is 5.56 Å². The SMILES string of the molecule is Cc1ccccc1C(C)NC(=O)NCCc1ccc(CO)cc1. The number of aryl methyl sites for hydroxylation is 1. The molecular weight excluding hydrogens is 288 g/mol. The van der Waals surface area contributed by atoms with Gasteiger partial charge in [-0.25, -0.2) is 4.79 Å². The average molecular weight is 312 g/mol. The lowest BCUT2D eigenvalue weighted by atomic mass is 10.0. The van der Waals surface area contributed by atoms with E-state index in [0.717, 1.165) is 23.1 Å². The fourth-order valence-electron chi connectivity index (χ4n) is 2.53. The van der Waals surface area contributed by atoms with Crippen LogP contribution >= 0.6 is 0 Å². The van der Waals surface area contributed by atoms with E-state index in [9.17, 15) is 4.79 Å². The molecule has 1 unspecified atom stereocenters. The highest BCUT2D eigenvalue weighted by Gasteiger charge is 2.10. The number of aliphatic hydroxyl groups excluding tert-OH is 1. The second kappa shape index (κ2) is 8.34. The average Bonchev–Trinajstić information content (AvgIpc) is 2.55. The highest BCUT2D eigenvalue weighted by molar-refractivity contribution is 5.74. The third-order valence-corrected chi connectivity index (χ3v) is 3.91. The summed E-state index contributed by atoms with van der Waals surface area (Å²) in [5.41, 5.74) is 4.33. The highest BCUT2D eigenvalue weighted by atomic mass is 16.3. The van der Waals surface area contributed by atoms with Crippen LogP contribution in [0.4, 0.5) is 4.79 Å². The Labute approximate surface area is 137 Å². The zero-order valence-corrected chi connectivity index (χ0v) is 13.7. The smallest absolute Gasteiger partial charge is 0.315 e. The van der Waals surface area contributed by atoms with Crippen molar-refractivity contribution in [3.63, 3.8) is 0 Å². The van der Waals surface area contributed by atoms with Gasteiger partial charge in [-0.1, -0.05) is 48.5 Å². The van der Waals surface area contributed by atoms with E-state index in [1.54, 1.807) is 0 Å². The van der Waals surface area contributed by atoms with Gasteiger partial charge in [-0.15, -0.1) is 0 Å². The van der Waals surface area contributed by atoms with Crippen molar-refractivity contribution in [2.75, 3.05) is 6.54 Å². The van der Waals surface area contributed by atoms with Crippen molar-refractivity contribution in [3.8, 4) is 0 Å². The van der Waals surface area contributed by atoms with Crippen molar-refractivity contribution in [1.29, 1.82) is 0 Å². The van der Waals surface area contributed by atoms with Gasteiger partial charge in [0.05, 0.1) is 12.6 Å². The van der Waals surface area contributed by atoms with Crippen molar-refractivity contribution in [1.82, 2.24) is 10.6 Å². The van der Waals surface area contributed by atoms with Gasteiger partial charge in [0.25, 0.3) is 0 Å². The Kier molecular flexibility index (Phi) is 6.18. The molecule has 0 bridgehead atoms. The van der Waals surface area contributed by atoms with Crippen LogP contribution in [-0.2, 0) is 13.0 Å². The van der Waals surface area contributed by atoms with E-state index in [2.05, 4.69) is 10.6 Å². The molecular formula is C19H24N2O2. The maximum atomic E-state index is 12.0. The number of benzene rings is 2. The molecule has 0 aliphatic rings. The van der Waals surface area contributed by atoms with Gasteiger partial charge in [0.2, 0.25) is 0 Å². The summed E-state index contributed by atoms with van der Waals surface area (Å²) in [6.07, 6.45) is 0.762. The van der Waals surface area contributed by atoms with Gasteiger partial charge in [0, 0.05) is 6.54 Å². The standard InChI is InChI=1S/C19H24N2O2/c1-14-5-3-4-6-18(14)15(2)21-19(23)20-12-11-16-7-9-17(13-22)10-8-16/h3-10,15,22H,11-13H2,1-2H3,(H2,20,21,23). The number of hydrogen-bond donors (Lipinski definition) is 3. The molecule has 0 saturated heterocycles. The van der Waals surface area contributed by atoms with E-state index >= 15 is 0 Å². The largest absolute Gasteiger partial charge is 0.392 e. The van der Waals surface area contributed by atoms with Gasteiger partial charge in [-0.3, -0.25) is 0 Å². The van der Waals surface area contributed by atoms with Gasteiger partial charge >= 0.3 is 6.03 Å². The number of nitrogens with one attached hydrogen (secondary N) is 2. The summed E-state index contributed by atoms with van der Waals surface area (Å²) in [6, 6.07) is 15.6. The van der Waals surface area contributed by atoms with Crippen molar-refractivity contribution >= 4 is 6.03 Å². The normalized spacial score (nSPS) is 11.8. The third kappa shape index (κ3) is 5.11. The van der Waals surface area contributed by atoms with Crippen LogP contribution < -0.4 is 10.6 Å². The molecule has 4 heteroatoms. The number of carbonyl (C=O) groups is 1. The lowest BCUT2D eigenvalue weighted by molar-refractivity contribution is 0.238. The first-order valence-corrected chi connectivity index (χ1v) is 7.88. The fraction of sp³-hybridized carbons (Fsp3) is 0.316. The molecule has 23 heavy (non-hydrogen) atoms. The number of hydrogen-bond acceptors (Lipinski definition) is 2. The van der Waals surface area contributed by atoms with Crippen LogP contribution in [0.2, 0.25) is 0 Å². The van der Waals surface area contributed by atoms with Crippen molar-refractivity contribution in [2.45, 2.75) is 32.9 Å². The molecule has 1 atom stereocenters. The van der Waals surface area contributed by atoms with Gasteiger partial charge in [0.1, 0.15) is 0 Å². The predicted molar refractivity (Wildman–Crippen MR) is 92.2 cm³/mol. The van der Waals surface area contributed by atoms with Crippen LogP contribution in [0, 0.1) is 6.92 Å². The van der Waals surface area contributed by atoms with Crippen molar-refractivity contribution in [3.05, 3.63) is 70.8 Å². The van der Waals surface area contributed by atoms with E-state index in [1.807, 2.05) is 62.4 Å². The topological polar surface area (TPSA) is 61.4 Å². The lowest BCUT2D eigenvalue weighted by Gasteiger charge is -2.17. The van der Waals surface area contributed by atoms with Crippen LogP contribution in [0.1, 0.15) is 35.2 Å². The summed E-state index contributed by atoms with van der Waals surface area (Å²) in [6.45, 7) is 4.65. The second-order valence-corrected chi connectivity index (χ2v) is 5.70. The molecule has 122 valence electrons. The molecule has 0 saturated carbocycles. The summed E-state index contributed by atoms with van der Waals surface area (Å²) >= 11 is 0. The summed E-state index contributed by atoms with van der Waals surface area (Å²) in [4.78, 5) is 12.0. The monoisotopic (exact) mass is 312 g/mol. The Bertz CT molecular complexity index is 638. The lowest BCUT2D eigenvalue weighted by Crippen LogP contribution is -2.38. The Morgan fingerprint density at radius 2 is 1.74 bits per heavy atom. The summed E-state index contributed by atoms with van der Waals surface area (Å²) in [5.74, 6) is 0. The molecule has 2 rings (SSSR count). The van der Waals surface area contributed by atoms with Crippen LogP contribution in [0.3, 0.4) is 0 Å². The Morgan fingerprint density at radius 1 is 1.09 bits per heavy atom. The molecule has 0 fully saturated rings. The maximum absolute atomic E-state index is 12.0. The van der Waals surface area contributed by atoms with Crippen LogP contribution in [-0.4, -0.2) is 17.7 Å². The Balaban J connectivity index is 1.77. The van der Waals surface area contributed by atoms with Crippen LogP contribution in [0.15, 0.2) is 48.5 Å². The minimum atomic E-state index is -0.160. The number of rotatable bonds is 6. The zero-order valence-electron chi connectivity index (χ0n) is 13.7. The van der Waals surface area contributed by atoms with Gasteiger partial charge in [0.15, 0.2) is 0 Å². The molecule has 0 heterocycles. The first-order chi connectivity index (χ1) is 11.1. The predicted octanol–water partition coefficient (Wildman–Crippen LogP) is 3.09. The molecule has 3 N–H and O–H groups in total. The molecule has 0 aromatic heterocycles. The quantitative estimate of drug-likeness (QED) is 0.767. The maximum Gasteiger partial charge on any atom is 0.315 e. The van der Waals surface area contributed by atoms with Crippen LogP contribution in [0.5, 0.6) is 0 Å². The molecule has 0 spiro atoms. The van der Waals surface area contributed by atoms with E-state index in [-0.39, 0.29) is 18.7 Å². The second-order valence-electron chi connectivity index (χ2n) is 5.70. The Hall–Kier alpha value is -2.33. The van der Waals surface area contributed by atoms with E-state index in [4.69, 9.17) is 5.11 Å². The number of aliphatic hydroxyl groups is 1.